The zero-order chi connectivity index (χ0) is 25.0. The fraction of sp³-hybridized carbons (Fsp3) is 0.667. The van der Waals surface area contributed by atoms with Crippen LogP contribution in [-0.4, -0.2) is 67.6 Å². The number of methoxy groups -OCH3 is 1. The zero-order valence-electron chi connectivity index (χ0n) is 19.5. The summed E-state index contributed by atoms with van der Waals surface area (Å²) in [6, 6.07) is 4.89. The third-order valence-corrected chi connectivity index (χ3v) is 6.96. The van der Waals surface area contributed by atoms with Gasteiger partial charge in [0.15, 0.2) is 0 Å². The minimum Gasteiger partial charge on any atom is -0.491 e. The number of ether oxygens (including phenoxy) is 3. The highest BCUT2D eigenvalue weighted by atomic mass is 19.4. The second-order valence-corrected chi connectivity index (χ2v) is 9.18. The van der Waals surface area contributed by atoms with Crippen LogP contribution in [0.2, 0.25) is 0 Å². The van der Waals surface area contributed by atoms with Crippen LogP contribution in [0.4, 0.5) is 13.2 Å². The number of amides is 1. The maximum atomic E-state index is 14.1. The van der Waals surface area contributed by atoms with Gasteiger partial charge in [0.05, 0.1) is 6.61 Å². The molecule has 34 heavy (non-hydrogen) atoms. The van der Waals surface area contributed by atoms with E-state index < -0.39 is 23.2 Å². The SMILES string of the molecule is COCCOc1cccc([C@@](O)(C(=O)N2CCC3(CCC(OC(C)=O)CC3)CC2)C(F)(F)F)c1. The van der Waals surface area contributed by atoms with E-state index in [0.29, 0.717) is 25.7 Å². The molecule has 2 aliphatic rings. The van der Waals surface area contributed by atoms with E-state index in [-0.39, 0.29) is 49.5 Å². The van der Waals surface area contributed by atoms with Gasteiger partial charge in [0.25, 0.3) is 11.5 Å². The zero-order valence-corrected chi connectivity index (χ0v) is 19.5. The number of rotatable bonds is 7. The van der Waals surface area contributed by atoms with E-state index in [2.05, 4.69) is 0 Å². The monoisotopic (exact) mass is 487 g/mol. The first-order valence-electron chi connectivity index (χ1n) is 11.5. The van der Waals surface area contributed by atoms with Gasteiger partial charge in [0, 0.05) is 32.7 Å². The lowest BCUT2D eigenvalue weighted by molar-refractivity contribution is -0.262. The summed E-state index contributed by atoms with van der Waals surface area (Å²) in [6.45, 7) is 1.98. The molecule has 1 saturated carbocycles. The van der Waals surface area contributed by atoms with Crippen molar-refractivity contribution >= 4 is 11.9 Å². The Bertz CT molecular complexity index is 859. The molecule has 2 fully saturated rings. The Hall–Kier alpha value is -2.33. The van der Waals surface area contributed by atoms with Crippen molar-refractivity contribution in [2.45, 2.75) is 63.3 Å². The molecule has 1 heterocycles. The summed E-state index contributed by atoms with van der Waals surface area (Å²) in [5.41, 5.74) is -4.34. The minimum absolute atomic E-state index is 0.0844. The molecule has 1 aromatic rings. The van der Waals surface area contributed by atoms with Crippen molar-refractivity contribution in [2.24, 2.45) is 5.41 Å². The summed E-state index contributed by atoms with van der Waals surface area (Å²) in [5, 5.41) is 10.8. The van der Waals surface area contributed by atoms with Gasteiger partial charge < -0.3 is 24.2 Å². The van der Waals surface area contributed by atoms with Crippen LogP contribution in [-0.2, 0) is 24.7 Å². The highest BCUT2D eigenvalue weighted by Gasteiger charge is 2.62. The third kappa shape index (κ3) is 5.66. The molecule has 1 aliphatic heterocycles. The maximum absolute atomic E-state index is 14.1. The Morgan fingerprint density at radius 3 is 2.32 bits per heavy atom. The van der Waals surface area contributed by atoms with Crippen molar-refractivity contribution in [1.82, 2.24) is 4.90 Å². The number of hydrogen-bond acceptors (Lipinski definition) is 6. The topological polar surface area (TPSA) is 85.3 Å². The Balaban J connectivity index is 1.71. The van der Waals surface area contributed by atoms with E-state index in [4.69, 9.17) is 14.2 Å². The molecule has 0 unspecified atom stereocenters. The quantitative estimate of drug-likeness (QED) is 0.468. The number of halogens is 3. The molecule has 1 aromatic carbocycles. The van der Waals surface area contributed by atoms with Crippen molar-refractivity contribution in [3.05, 3.63) is 29.8 Å². The van der Waals surface area contributed by atoms with Crippen LogP contribution in [0.3, 0.4) is 0 Å². The van der Waals surface area contributed by atoms with Gasteiger partial charge in [-0.1, -0.05) is 12.1 Å². The van der Waals surface area contributed by atoms with Gasteiger partial charge in [-0.25, -0.2) is 0 Å². The lowest BCUT2D eigenvalue weighted by Gasteiger charge is -2.47. The number of piperidine rings is 1. The van der Waals surface area contributed by atoms with Crippen LogP contribution < -0.4 is 4.74 Å². The molecule has 1 saturated heterocycles. The average molecular weight is 488 g/mol. The van der Waals surface area contributed by atoms with Gasteiger partial charge in [-0.2, -0.15) is 13.2 Å². The highest BCUT2D eigenvalue weighted by Crippen LogP contribution is 2.47. The fourth-order valence-electron chi connectivity index (χ4n) is 4.93. The summed E-state index contributed by atoms with van der Waals surface area (Å²) in [7, 11) is 1.47. The number of carbonyl (C=O) groups excluding carboxylic acids is 2. The standard InChI is InChI=1S/C24H32F3NO6/c1-17(29)34-19-6-8-22(9-7-19)10-12-28(13-11-22)21(30)23(31,24(25,26)27)18-4-3-5-20(16-18)33-15-14-32-2/h3-5,16,19,31H,6-15H2,1-2H3/t23-/m1/s1. The summed E-state index contributed by atoms with van der Waals surface area (Å²) >= 11 is 0. The van der Waals surface area contributed by atoms with Crippen LogP contribution in [0, 0.1) is 5.41 Å². The second-order valence-electron chi connectivity index (χ2n) is 9.18. The highest BCUT2D eigenvalue weighted by molar-refractivity contribution is 5.87. The summed E-state index contributed by atoms with van der Waals surface area (Å²) in [4.78, 5) is 25.4. The van der Waals surface area contributed by atoms with Gasteiger partial charge >= 0.3 is 12.1 Å². The first-order valence-corrected chi connectivity index (χ1v) is 11.5. The average Bonchev–Trinajstić information content (AvgIpc) is 2.80. The van der Waals surface area contributed by atoms with Crippen LogP contribution in [0.1, 0.15) is 51.0 Å². The fourth-order valence-corrected chi connectivity index (χ4v) is 4.93. The second kappa shape index (κ2) is 10.5. The molecule has 1 aliphatic carbocycles. The smallest absolute Gasteiger partial charge is 0.430 e. The van der Waals surface area contributed by atoms with Gasteiger partial charge in [0.1, 0.15) is 18.5 Å². The van der Waals surface area contributed by atoms with Crippen LogP contribution in [0.15, 0.2) is 24.3 Å². The number of alkyl halides is 3. The van der Waals surface area contributed by atoms with Crippen molar-refractivity contribution in [3.63, 3.8) is 0 Å². The number of carbonyl (C=O) groups is 2. The maximum Gasteiger partial charge on any atom is 0.430 e. The molecule has 7 nitrogen and oxygen atoms in total. The number of hydrogen-bond donors (Lipinski definition) is 1. The first-order chi connectivity index (χ1) is 16.0. The van der Waals surface area contributed by atoms with E-state index in [1.54, 1.807) is 0 Å². The van der Waals surface area contributed by atoms with Crippen molar-refractivity contribution in [3.8, 4) is 5.75 Å². The van der Waals surface area contributed by atoms with Crippen LogP contribution in [0.5, 0.6) is 5.75 Å². The van der Waals surface area contributed by atoms with Crippen molar-refractivity contribution < 1.29 is 42.1 Å². The molecule has 190 valence electrons. The minimum atomic E-state index is -5.22. The van der Waals surface area contributed by atoms with Crippen LogP contribution in [0.25, 0.3) is 0 Å². The molecule has 0 radical (unpaired) electrons. The lowest BCUT2D eigenvalue weighted by Crippen LogP contribution is -2.58. The largest absolute Gasteiger partial charge is 0.491 e. The molecule has 1 N–H and O–H groups in total. The molecule has 1 spiro atoms. The Labute approximate surface area is 197 Å². The molecular weight excluding hydrogens is 455 g/mol. The summed E-state index contributed by atoms with van der Waals surface area (Å²) in [6.07, 6.45) is -1.27. The van der Waals surface area contributed by atoms with Crippen LogP contribution >= 0.6 is 0 Å². The van der Waals surface area contributed by atoms with Gasteiger partial charge in [-0.15, -0.1) is 0 Å². The van der Waals surface area contributed by atoms with E-state index >= 15 is 0 Å². The predicted octanol–water partition coefficient (Wildman–Crippen LogP) is 3.58. The molecule has 0 bridgehead atoms. The van der Waals surface area contributed by atoms with E-state index in [1.807, 2.05) is 0 Å². The Morgan fingerprint density at radius 2 is 1.76 bits per heavy atom. The first kappa shape index (κ1) is 26.3. The number of nitrogens with zero attached hydrogens (tertiary/aromatic N) is 1. The number of esters is 1. The molecule has 1 atom stereocenters. The number of aliphatic hydroxyl groups is 1. The molecule has 3 rings (SSSR count). The van der Waals surface area contributed by atoms with E-state index in [1.165, 1.54) is 26.2 Å². The van der Waals surface area contributed by atoms with Crippen molar-refractivity contribution in [2.75, 3.05) is 33.4 Å². The van der Waals surface area contributed by atoms with E-state index in [0.717, 1.165) is 29.9 Å². The molecule has 0 aromatic heterocycles. The molecule has 1 amide bonds. The Morgan fingerprint density at radius 1 is 1.12 bits per heavy atom. The number of likely N-dealkylation sites (tertiary alicyclic amines) is 1. The third-order valence-electron chi connectivity index (χ3n) is 6.96. The number of benzene rings is 1. The van der Waals surface area contributed by atoms with E-state index in [9.17, 15) is 27.9 Å². The predicted molar refractivity (Wildman–Crippen MR) is 116 cm³/mol. The normalized spacial score (nSPS) is 20.6. The van der Waals surface area contributed by atoms with Gasteiger partial charge in [0.2, 0.25) is 0 Å². The van der Waals surface area contributed by atoms with Crippen molar-refractivity contribution in [1.29, 1.82) is 0 Å². The molecular formula is C24H32F3NO6. The van der Waals surface area contributed by atoms with Gasteiger partial charge in [-0.3, -0.25) is 9.59 Å². The molecule has 10 heteroatoms. The Kier molecular flexibility index (Phi) is 8.13. The summed E-state index contributed by atoms with van der Waals surface area (Å²) in [5.74, 6) is -1.59. The summed E-state index contributed by atoms with van der Waals surface area (Å²) < 4.78 is 57.9. The lowest BCUT2D eigenvalue weighted by atomic mass is 9.67. The van der Waals surface area contributed by atoms with Gasteiger partial charge in [-0.05, 0) is 56.1 Å².